The number of aromatic nitrogens is 2. The highest BCUT2D eigenvalue weighted by Crippen LogP contribution is 2.10. The molecule has 0 aliphatic rings. The number of nitriles is 1. The van der Waals surface area contributed by atoms with Crippen molar-refractivity contribution in [2.45, 2.75) is 19.9 Å². The zero-order valence-electron chi connectivity index (χ0n) is 11.5. The smallest absolute Gasteiger partial charge is 0.266 e. The third-order valence-corrected chi connectivity index (χ3v) is 2.83. The molecular formula is C15H14N4O2. The summed E-state index contributed by atoms with van der Waals surface area (Å²) in [7, 11) is 0. The van der Waals surface area contributed by atoms with Gasteiger partial charge in [-0.15, -0.1) is 0 Å². The lowest BCUT2D eigenvalue weighted by atomic mass is 10.2. The summed E-state index contributed by atoms with van der Waals surface area (Å²) >= 11 is 0. The van der Waals surface area contributed by atoms with Crippen LogP contribution in [0.1, 0.15) is 17.7 Å². The molecule has 21 heavy (non-hydrogen) atoms. The molecule has 0 atom stereocenters. The molecular weight excluding hydrogens is 268 g/mol. The summed E-state index contributed by atoms with van der Waals surface area (Å²) in [4.78, 5) is 23.4. The van der Waals surface area contributed by atoms with Crippen LogP contribution in [0, 0.1) is 18.3 Å². The number of hydrogen-bond donors (Lipinski definition) is 1. The van der Waals surface area contributed by atoms with E-state index in [0.717, 1.165) is 5.69 Å². The molecule has 1 N–H and O–H groups in total. The van der Waals surface area contributed by atoms with Gasteiger partial charge in [-0.25, -0.2) is 4.68 Å². The van der Waals surface area contributed by atoms with Crippen molar-refractivity contribution in [3.63, 3.8) is 0 Å². The number of rotatable bonds is 4. The number of amides is 1. The van der Waals surface area contributed by atoms with Crippen LogP contribution in [0.15, 0.2) is 41.2 Å². The molecule has 0 radical (unpaired) electrons. The topological polar surface area (TPSA) is 87.8 Å². The first kappa shape index (κ1) is 14.5. The van der Waals surface area contributed by atoms with Crippen molar-refractivity contribution in [3.8, 4) is 6.07 Å². The van der Waals surface area contributed by atoms with Crippen LogP contribution in [0.2, 0.25) is 0 Å². The standard InChI is InChI=1S/C15H14N4O2/c1-11-5-6-15(21)19(18-11)8-7-14(20)17-13-4-2-3-12(9-13)10-16/h2-6,9H,7-8H2,1H3,(H,17,20). The maximum Gasteiger partial charge on any atom is 0.266 e. The quantitative estimate of drug-likeness (QED) is 0.919. The van der Waals surface area contributed by atoms with Gasteiger partial charge in [0.1, 0.15) is 0 Å². The molecule has 2 rings (SSSR count). The van der Waals surface area contributed by atoms with Crippen molar-refractivity contribution >= 4 is 11.6 Å². The Kier molecular flexibility index (Phi) is 4.46. The highest BCUT2D eigenvalue weighted by atomic mass is 16.2. The fourth-order valence-corrected chi connectivity index (χ4v) is 1.81. The Balaban J connectivity index is 1.97. The predicted octanol–water partition coefficient (Wildman–Crippen LogP) is 1.45. The Morgan fingerprint density at radius 3 is 2.95 bits per heavy atom. The van der Waals surface area contributed by atoms with E-state index in [1.54, 1.807) is 37.3 Å². The minimum atomic E-state index is -0.236. The number of benzene rings is 1. The van der Waals surface area contributed by atoms with Gasteiger partial charge < -0.3 is 5.32 Å². The minimum absolute atomic E-state index is 0.132. The third kappa shape index (κ3) is 4.01. The van der Waals surface area contributed by atoms with Crippen LogP contribution in [0.4, 0.5) is 5.69 Å². The number of hydrogen-bond acceptors (Lipinski definition) is 4. The zero-order valence-corrected chi connectivity index (χ0v) is 11.5. The van der Waals surface area contributed by atoms with E-state index in [9.17, 15) is 9.59 Å². The molecule has 0 unspecified atom stereocenters. The number of anilines is 1. The van der Waals surface area contributed by atoms with Gasteiger partial charge in [0.05, 0.1) is 23.9 Å². The van der Waals surface area contributed by atoms with E-state index in [-0.39, 0.29) is 24.4 Å². The first-order valence-corrected chi connectivity index (χ1v) is 6.43. The molecule has 106 valence electrons. The molecule has 1 amide bonds. The summed E-state index contributed by atoms with van der Waals surface area (Å²) in [6, 6.07) is 11.7. The van der Waals surface area contributed by atoms with Crippen LogP contribution in [-0.2, 0) is 11.3 Å². The van der Waals surface area contributed by atoms with E-state index in [1.165, 1.54) is 10.7 Å². The van der Waals surface area contributed by atoms with Gasteiger partial charge in [0.25, 0.3) is 5.56 Å². The summed E-state index contributed by atoms with van der Waals surface area (Å²) in [6.07, 6.45) is 0.132. The summed E-state index contributed by atoms with van der Waals surface area (Å²) < 4.78 is 1.26. The molecule has 0 fully saturated rings. The van der Waals surface area contributed by atoms with E-state index >= 15 is 0 Å². The van der Waals surface area contributed by atoms with Crippen molar-refractivity contribution < 1.29 is 4.79 Å². The fourth-order valence-electron chi connectivity index (χ4n) is 1.81. The van der Waals surface area contributed by atoms with E-state index in [1.807, 2.05) is 6.07 Å². The first-order chi connectivity index (χ1) is 10.1. The second kappa shape index (κ2) is 6.48. The van der Waals surface area contributed by atoms with Crippen LogP contribution in [0.5, 0.6) is 0 Å². The van der Waals surface area contributed by atoms with Gasteiger partial charge in [0.15, 0.2) is 0 Å². The lowest BCUT2D eigenvalue weighted by molar-refractivity contribution is -0.116. The number of nitrogens with one attached hydrogen (secondary N) is 1. The SMILES string of the molecule is Cc1ccc(=O)n(CCC(=O)Nc2cccc(C#N)c2)n1. The summed E-state index contributed by atoms with van der Waals surface area (Å²) in [5, 5.41) is 15.5. The normalized spacial score (nSPS) is 9.90. The van der Waals surface area contributed by atoms with Crippen molar-refractivity contribution in [2.75, 3.05) is 5.32 Å². The molecule has 0 aliphatic heterocycles. The van der Waals surface area contributed by atoms with Crippen LogP contribution >= 0.6 is 0 Å². The summed E-state index contributed by atoms with van der Waals surface area (Å²) in [6.45, 7) is 1.99. The molecule has 1 heterocycles. The van der Waals surface area contributed by atoms with Crippen molar-refractivity contribution in [1.29, 1.82) is 5.26 Å². The minimum Gasteiger partial charge on any atom is -0.326 e. The maximum absolute atomic E-state index is 11.8. The molecule has 6 heteroatoms. The summed E-state index contributed by atoms with van der Waals surface area (Å²) in [5.41, 5.74) is 1.52. The number of nitrogens with zero attached hydrogens (tertiary/aromatic N) is 3. The highest BCUT2D eigenvalue weighted by Gasteiger charge is 2.05. The van der Waals surface area contributed by atoms with E-state index in [4.69, 9.17) is 5.26 Å². The number of carbonyl (C=O) groups is 1. The van der Waals surface area contributed by atoms with Crippen molar-refractivity contribution in [3.05, 3.63) is 58.0 Å². The molecule has 0 bridgehead atoms. The fraction of sp³-hybridized carbons (Fsp3) is 0.200. The molecule has 2 aromatic rings. The van der Waals surface area contributed by atoms with Gasteiger partial charge in [-0.2, -0.15) is 10.4 Å². The maximum atomic E-state index is 11.8. The van der Waals surface area contributed by atoms with Crippen LogP contribution < -0.4 is 10.9 Å². The molecule has 0 spiro atoms. The lowest BCUT2D eigenvalue weighted by Crippen LogP contribution is -2.25. The molecule has 0 aliphatic carbocycles. The largest absolute Gasteiger partial charge is 0.326 e. The highest BCUT2D eigenvalue weighted by molar-refractivity contribution is 5.90. The van der Waals surface area contributed by atoms with Crippen molar-refractivity contribution in [1.82, 2.24) is 9.78 Å². The summed E-state index contributed by atoms with van der Waals surface area (Å²) in [5.74, 6) is -0.236. The van der Waals surface area contributed by atoms with E-state index in [2.05, 4.69) is 10.4 Å². The Bertz CT molecular complexity index is 759. The third-order valence-electron chi connectivity index (χ3n) is 2.83. The second-order valence-electron chi connectivity index (χ2n) is 4.53. The first-order valence-electron chi connectivity index (χ1n) is 6.43. The van der Waals surface area contributed by atoms with Gasteiger partial charge in [-0.1, -0.05) is 6.07 Å². The number of carbonyl (C=O) groups excluding carboxylic acids is 1. The Labute approximate surface area is 121 Å². The zero-order chi connectivity index (χ0) is 15.2. The van der Waals surface area contributed by atoms with Gasteiger partial charge in [-0.05, 0) is 31.2 Å². The van der Waals surface area contributed by atoms with Gasteiger partial charge in [0.2, 0.25) is 5.91 Å². The van der Waals surface area contributed by atoms with Gasteiger partial charge >= 0.3 is 0 Å². The van der Waals surface area contributed by atoms with Crippen LogP contribution in [-0.4, -0.2) is 15.7 Å². The van der Waals surface area contributed by atoms with Gasteiger partial charge in [-0.3, -0.25) is 9.59 Å². The van der Waals surface area contributed by atoms with E-state index < -0.39 is 0 Å². The average Bonchev–Trinajstić information content (AvgIpc) is 2.48. The van der Waals surface area contributed by atoms with Gasteiger partial charge in [0, 0.05) is 18.2 Å². The monoisotopic (exact) mass is 282 g/mol. The molecule has 1 aromatic carbocycles. The Hall–Kier alpha value is -2.94. The average molecular weight is 282 g/mol. The van der Waals surface area contributed by atoms with Crippen molar-refractivity contribution in [2.24, 2.45) is 0 Å². The van der Waals surface area contributed by atoms with Crippen LogP contribution in [0.3, 0.4) is 0 Å². The Morgan fingerprint density at radius 1 is 1.38 bits per heavy atom. The lowest BCUT2D eigenvalue weighted by Gasteiger charge is -2.07. The van der Waals surface area contributed by atoms with Crippen LogP contribution in [0.25, 0.3) is 0 Å². The van der Waals surface area contributed by atoms with E-state index in [0.29, 0.717) is 11.3 Å². The predicted molar refractivity (Wildman–Crippen MR) is 77.6 cm³/mol. The Morgan fingerprint density at radius 2 is 2.19 bits per heavy atom. The molecule has 6 nitrogen and oxygen atoms in total. The number of aryl methyl sites for hydroxylation is 2. The molecule has 1 aromatic heterocycles. The second-order valence-corrected chi connectivity index (χ2v) is 4.53. The molecule has 0 saturated carbocycles. The molecule has 0 saturated heterocycles.